The van der Waals surface area contributed by atoms with Crippen molar-refractivity contribution in [2.45, 2.75) is 0 Å². The molecule has 0 saturated carbocycles. The third-order valence-corrected chi connectivity index (χ3v) is 2.90. The summed E-state index contributed by atoms with van der Waals surface area (Å²) in [6.07, 6.45) is 1.42. The van der Waals surface area contributed by atoms with Crippen LogP contribution in [0.15, 0.2) is 30.6 Å². The van der Waals surface area contributed by atoms with E-state index in [4.69, 9.17) is 15.3 Å². The molecule has 7 heteroatoms. The number of hydrogen-bond donors (Lipinski definition) is 2. The van der Waals surface area contributed by atoms with Gasteiger partial charge < -0.3 is 19.8 Å². The highest BCUT2D eigenvalue weighted by Gasteiger charge is 2.16. The second-order valence-electron chi connectivity index (χ2n) is 3.98. The lowest BCUT2D eigenvalue weighted by molar-refractivity contribution is 0.413. The van der Waals surface area contributed by atoms with E-state index < -0.39 is 0 Å². The first-order valence-electron chi connectivity index (χ1n) is 5.94. The van der Waals surface area contributed by atoms with Gasteiger partial charge in [0, 0.05) is 12.7 Å². The molecule has 0 aliphatic heterocycles. The van der Waals surface area contributed by atoms with Crippen molar-refractivity contribution in [1.29, 1.82) is 0 Å². The molecule has 1 aromatic heterocycles. The highest BCUT2D eigenvalue weighted by atomic mass is 16.5. The van der Waals surface area contributed by atoms with Gasteiger partial charge in [-0.2, -0.15) is 0 Å². The molecule has 3 N–H and O–H groups in total. The maximum absolute atomic E-state index is 5.42. The molecule has 1 heterocycles. The van der Waals surface area contributed by atoms with Crippen LogP contribution in [0.25, 0.3) is 0 Å². The average molecular weight is 275 g/mol. The van der Waals surface area contributed by atoms with E-state index in [2.05, 4.69) is 15.4 Å². The van der Waals surface area contributed by atoms with Crippen LogP contribution in [0.2, 0.25) is 0 Å². The fourth-order valence-corrected chi connectivity index (χ4v) is 1.82. The van der Waals surface area contributed by atoms with Crippen LogP contribution in [0.4, 0.5) is 17.3 Å². The van der Waals surface area contributed by atoms with E-state index in [1.54, 1.807) is 14.2 Å². The van der Waals surface area contributed by atoms with Crippen molar-refractivity contribution >= 4 is 17.3 Å². The molecule has 0 bridgehead atoms. The minimum Gasteiger partial charge on any atom is -0.497 e. The molecule has 20 heavy (non-hydrogen) atoms. The molecular weight excluding hydrogens is 258 g/mol. The Morgan fingerprint density at radius 2 is 1.80 bits per heavy atom. The number of aromatic nitrogens is 2. The average Bonchev–Trinajstić information content (AvgIpc) is 2.53. The predicted molar refractivity (Wildman–Crippen MR) is 77.5 cm³/mol. The van der Waals surface area contributed by atoms with Crippen LogP contribution < -0.4 is 25.6 Å². The lowest BCUT2D eigenvalue weighted by Gasteiger charge is -2.21. The molecule has 106 valence electrons. The first kappa shape index (κ1) is 13.9. The van der Waals surface area contributed by atoms with Gasteiger partial charge in [-0.15, -0.1) is 0 Å². The second-order valence-corrected chi connectivity index (χ2v) is 3.98. The largest absolute Gasteiger partial charge is 0.497 e. The van der Waals surface area contributed by atoms with Gasteiger partial charge in [0.15, 0.2) is 11.6 Å². The number of anilines is 3. The van der Waals surface area contributed by atoms with Crippen molar-refractivity contribution in [2.24, 2.45) is 5.84 Å². The van der Waals surface area contributed by atoms with Gasteiger partial charge in [-0.25, -0.2) is 15.8 Å². The van der Waals surface area contributed by atoms with Crippen LogP contribution in [-0.2, 0) is 0 Å². The number of hydrazine groups is 1. The van der Waals surface area contributed by atoms with E-state index in [1.165, 1.54) is 6.33 Å². The van der Waals surface area contributed by atoms with Crippen molar-refractivity contribution in [2.75, 3.05) is 31.6 Å². The Morgan fingerprint density at radius 1 is 1.10 bits per heavy atom. The summed E-state index contributed by atoms with van der Waals surface area (Å²) in [5.41, 5.74) is 3.42. The number of methoxy groups -OCH3 is 2. The van der Waals surface area contributed by atoms with E-state index in [0.717, 1.165) is 11.4 Å². The summed E-state index contributed by atoms with van der Waals surface area (Å²) in [4.78, 5) is 10.1. The summed E-state index contributed by atoms with van der Waals surface area (Å²) in [6, 6.07) is 7.61. The van der Waals surface area contributed by atoms with E-state index in [-0.39, 0.29) is 0 Å². The summed E-state index contributed by atoms with van der Waals surface area (Å²) in [7, 11) is 5.06. The normalized spacial score (nSPS) is 10.0. The van der Waals surface area contributed by atoms with Crippen molar-refractivity contribution < 1.29 is 9.47 Å². The third kappa shape index (κ3) is 2.57. The van der Waals surface area contributed by atoms with Gasteiger partial charge >= 0.3 is 0 Å². The number of benzene rings is 1. The molecule has 0 atom stereocenters. The highest BCUT2D eigenvalue weighted by molar-refractivity contribution is 5.70. The summed E-state index contributed by atoms with van der Waals surface area (Å²) >= 11 is 0. The van der Waals surface area contributed by atoms with Crippen molar-refractivity contribution in [3.8, 4) is 11.5 Å². The highest BCUT2D eigenvalue weighted by Crippen LogP contribution is 2.34. The van der Waals surface area contributed by atoms with Crippen molar-refractivity contribution in [3.05, 3.63) is 30.6 Å². The summed E-state index contributed by atoms with van der Waals surface area (Å²) in [5, 5.41) is 0. The zero-order chi connectivity index (χ0) is 14.5. The number of rotatable bonds is 5. The van der Waals surface area contributed by atoms with Crippen LogP contribution in [0.1, 0.15) is 0 Å². The fraction of sp³-hybridized carbons (Fsp3) is 0.231. The Balaban J connectivity index is 2.39. The summed E-state index contributed by atoms with van der Waals surface area (Å²) in [6.45, 7) is 0. The van der Waals surface area contributed by atoms with Crippen molar-refractivity contribution in [1.82, 2.24) is 9.97 Å². The Morgan fingerprint density at radius 3 is 2.35 bits per heavy atom. The molecule has 2 aromatic rings. The molecule has 0 aliphatic carbocycles. The number of nitrogen functional groups attached to an aromatic ring is 1. The van der Waals surface area contributed by atoms with Gasteiger partial charge in [-0.1, -0.05) is 0 Å². The van der Waals surface area contributed by atoms with Crippen LogP contribution in [0, 0.1) is 0 Å². The van der Waals surface area contributed by atoms with E-state index in [9.17, 15) is 0 Å². The van der Waals surface area contributed by atoms with Crippen LogP contribution in [0.5, 0.6) is 11.5 Å². The number of ether oxygens (including phenoxy) is 2. The molecule has 7 nitrogen and oxygen atoms in total. The van der Waals surface area contributed by atoms with E-state index >= 15 is 0 Å². The maximum atomic E-state index is 5.42. The summed E-state index contributed by atoms with van der Waals surface area (Å²) in [5.74, 6) is 7.73. The first-order valence-corrected chi connectivity index (χ1v) is 5.94. The quantitative estimate of drug-likeness (QED) is 0.632. The first-order chi connectivity index (χ1) is 9.71. The molecular formula is C13H17N5O2. The number of nitrogens with zero attached hydrogens (tertiary/aromatic N) is 3. The molecule has 0 fully saturated rings. The molecule has 0 aliphatic rings. The molecule has 1 aromatic carbocycles. The Hall–Kier alpha value is -2.54. The minimum absolute atomic E-state index is 0.429. The Labute approximate surface area is 117 Å². The van der Waals surface area contributed by atoms with Gasteiger partial charge in [-0.3, -0.25) is 0 Å². The standard InChI is InChI=1S/C13H17N5O2/c1-18(9-4-6-10(19-2)7-5-9)13-11(20-3)12(17-14)15-8-16-13/h4-8H,14H2,1-3H3,(H,15,16,17). The molecule has 0 unspecified atom stereocenters. The zero-order valence-electron chi connectivity index (χ0n) is 11.6. The molecule has 0 amide bonds. The van der Waals surface area contributed by atoms with Gasteiger partial charge in [0.25, 0.3) is 0 Å². The van der Waals surface area contributed by atoms with Crippen LogP contribution in [-0.4, -0.2) is 31.2 Å². The predicted octanol–water partition coefficient (Wildman–Crippen LogP) is 1.55. The van der Waals surface area contributed by atoms with Crippen LogP contribution >= 0.6 is 0 Å². The minimum atomic E-state index is 0.429. The molecule has 0 spiro atoms. The number of nitrogens with two attached hydrogens (primary N) is 1. The van der Waals surface area contributed by atoms with Gasteiger partial charge in [-0.05, 0) is 24.3 Å². The lowest BCUT2D eigenvalue weighted by Crippen LogP contribution is -2.16. The topological polar surface area (TPSA) is 85.5 Å². The third-order valence-electron chi connectivity index (χ3n) is 2.90. The zero-order valence-corrected chi connectivity index (χ0v) is 11.6. The molecule has 0 saturated heterocycles. The molecule has 2 rings (SSSR count). The smallest absolute Gasteiger partial charge is 0.206 e. The SMILES string of the molecule is COc1ccc(N(C)c2ncnc(NN)c2OC)cc1. The van der Waals surface area contributed by atoms with Gasteiger partial charge in [0.2, 0.25) is 5.75 Å². The van der Waals surface area contributed by atoms with Crippen molar-refractivity contribution in [3.63, 3.8) is 0 Å². The van der Waals surface area contributed by atoms with Gasteiger partial charge in [0.1, 0.15) is 12.1 Å². The lowest BCUT2D eigenvalue weighted by atomic mass is 10.2. The van der Waals surface area contributed by atoms with E-state index in [1.807, 2.05) is 36.2 Å². The maximum Gasteiger partial charge on any atom is 0.206 e. The fourth-order valence-electron chi connectivity index (χ4n) is 1.82. The summed E-state index contributed by atoms with van der Waals surface area (Å²) < 4.78 is 10.5. The number of hydrogen-bond acceptors (Lipinski definition) is 7. The van der Waals surface area contributed by atoms with Crippen LogP contribution in [0.3, 0.4) is 0 Å². The monoisotopic (exact) mass is 275 g/mol. The Kier molecular flexibility index (Phi) is 4.21. The second kappa shape index (κ2) is 6.07. The van der Waals surface area contributed by atoms with E-state index in [0.29, 0.717) is 17.4 Å². The molecule has 0 radical (unpaired) electrons. The number of nitrogens with one attached hydrogen (secondary N) is 1. The Bertz CT molecular complexity index is 573. The van der Waals surface area contributed by atoms with Gasteiger partial charge in [0.05, 0.1) is 14.2 Å².